The number of nitrogens with one attached hydrogen (secondary N) is 1. The summed E-state index contributed by atoms with van der Waals surface area (Å²) < 4.78 is 11.7. The first kappa shape index (κ1) is 22.1. The van der Waals surface area contributed by atoms with Gasteiger partial charge in [0.2, 0.25) is 0 Å². The smallest absolute Gasteiger partial charge is 0.341 e. The predicted octanol–water partition coefficient (Wildman–Crippen LogP) is 5.99. The minimum absolute atomic E-state index is 0.171. The summed E-state index contributed by atoms with van der Waals surface area (Å²) in [4.78, 5) is 25.2. The van der Waals surface area contributed by atoms with Crippen molar-refractivity contribution in [2.45, 2.75) is 20.8 Å². The summed E-state index contributed by atoms with van der Waals surface area (Å²) >= 11 is 4.66. The summed E-state index contributed by atoms with van der Waals surface area (Å²) in [5, 5.41) is 5.12. The largest absolute Gasteiger partial charge is 0.484 e. The molecule has 7 heteroatoms. The summed E-state index contributed by atoms with van der Waals surface area (Å²) in [5.74, 6) is -0.237. The number of amides is 1. The fourth-order valence-electron chi connectivity index (χ4n) is 3.04. The fourth-order valence-corrected chi connectivity index (χ4v) is 4.38. The predicted molar refractivity (Wildman–Crippen MR) is 123 cm³/mol. The summed E-state index contributed by atoms with van der Waals surface area (Å²) in [7, 11) is 0. The van der Waals surface area contributed by atoms with Crippen molar-refractivity contribution in [1.29, 1.82) is 0 Å². The molecule has 3 aromatic rings. The lowest BCUT2D eigenvalue weighted by atomic mass is 9.97. The van der Waals surface area contributed by atoms with E-state index in [9.17, 15) is 9.59 Å². The van der Waals surface area contributed by atoms with E-state index < -0.39 is 5.97 Å². The molecule has 1 aromatic heterocycles. The Balaban J connectivity index is 1.84. The number of benzene rings is 2. The molecule has 0 spiro atoms. The molecule has 0 fully saturated rings. The van der Waals surface area contributed by atoms with Crippen molar-refractivity contribution in [1.82, 2.24) is 0 Å². The van der Waals surface area contributed by atoms with Crippen molar-refractivity contribution >= 4 is 44.1 Å². The third kappa shape index (κ3) is 5.29. The molecule has 3 rings (SSSR count). The highest BCUT2D eigenvalue weighted by molar-refractivity contribution is 9.10. The van der Waals surface area contributed by atoms with Crippen LogP contribution in [0.4, 0.5) is 5.00 Å². The molecule has 2 aromatic carbocycles. The highest BCUT2D eigenvalue weighted by Crippen LogP contribution is 2.38. The number of anilines is 1. The Kier molecular flexibility index (Phi) is 7.29. The van der Waals surface area contributed by atoms with Crippen molar-refractivity contribution in [2.24, 2.45) is 0 Å². The number of ether oxygens (including phenoxy) is 2. The first-order valence-corrected chi connectivity index (χ1v) is 11.1. The van der Waals surface area contributed by atoms with E-state index in [2.05, 4.69) is 27.3 Å². The number of esters is 1. The Morgan fingerprint density at radius 2 is 1.90 bits per heavy atom. The van der Waals surface area contributed by atoms with E-state index in [0.29, 0.717) is 16.3 Å². The van der Waals surface area contributed by atoms with Crippen molar-refractivity contribution < 1.29 is 19.1 Å². The molecule has 0 aliphatic heterocycles. The molecule has 0 saturated carbocycles. The second kappa shape index (κ2) is 9.91. The number of carbonyl (C=O) groups excluding carboxylic acids is 2. The third-order valence-corrected chi connectivity index (χ3v) is 5.75. The van der Waals surface area contributed by atoms with Crippen molar-refractivity contribution in [3.05, 3.63) is 69.0 Å². The molecule has 0 aliphatic rings. The topological polar surface area (TPSA) is 64.6 Å². The Bertz CT molecular complexity index is 1080. The second-order valence-corrected chi connectivity index (χ2v) is 8.48. The summed E-state index contributed by atoms with van der Waals surface area (Å²) in [6.45, 7) is 5.85. The molecule has 1 amide bonds. The first-order valence-electron chi connectivity index (χ1n) is 9.43. The Hall–Kier alpha value is -2.64. The number of carbonyl (C=O) groups is 2. The van der Waals surface area contributed by atoms with Crippen molar-refractivity contribution in [3.8, 4) is 16.9 Å². The monoisotopic (exact) mass is 487 g/mol. The van der Waals surface area contributed by atoms with Gasteiger partial charge in [0.25, 0.3) is 5.91 Å². The van der Waals surface area contributed by atoms with Gasteiger partial charge in [-0.25, -0.2) is 4.79 Å². The number of aryl methyl sites for hydroxylation is 2. The first-order chi connectivity index (χ1) is 14.4. The van der Waals surface area contributed by atoms with Crippen LogP contribution in [0.5, 0.6) is 5.75 Å². The molecule has 5 nitrogen and oxygen atoms in total. The van der Waals surface area contributed by atoms with Crippen molar-refractivity contribution in [2.75, 3.05) is 18.5 Å². The van der Waals surface area contributed by atoms with Crippen LogP contribution >= 0.6 is 27.3 Å². The summed E-state index contributed by atoms with van der Waals surface area (Å²) in [6.07, 6.45) is 0. The number of halogens is 1. The summed E-state index contributed by atoms with van der Waals surface area (Å²) in [5.41, 5.74) is 4.24. The standard InChI is InChI=1S/C23H22BrNO4S/c1-4-28-23(27)21-19(18-9-8-14(2)10-15(18)3)13-30-22(21)25-20(26)12-29-17-7-5-6-16(24)11-17/h5-11,13H,4,12H2,1-3H3,(H,25,26). The van der Waals surface area contributed by atoms with E-state index in [1.165, 1.54) is 11.3 Å². The molecule has 0 unspecified atom stereocenters. The SMILES string of the molecule is CCOC(=O)c1c(-c2ccc(C)cc2C)csc1NC(=O)COc1cccc(Br)c1. The average molecular weight is 488 g/mol. The van der Waals surface area contributed by atoms with E-state index >= 15 is 0 Å². The van der Waals surface area contributed by atoms with Gasteiger partial charge in [-0.2, -0.15) is 0 Å². The van der Waals surface area contributed by atoms with Gasteiger partial charge < -0.3 is 14.8 Å². The zero-order valence-electron chi connectivity index (χ0n) is 17.0. The van der Waals surface area contributed by atoms with Crippen LogP contribution in [-0.2, 0) is 9.53 Å². The van der Waals surface area contributed by atoms with Crippen LogP contribution in [0.3, 0.4) is 0 Å². The number of rotatable bonds is 7. The van der Waals surface area contributed by atoms with Crippen LogP contribution in [0.2, 0.25) is 0 Å². The average Bonchev–Trinajstić information content (AvgIpc) is 3.10. The zero-order chi connectivity index (χ0) is 21.7. The van der Waals surface area contributed by atoms with Crippen LogP contribution in [0.25, 0.3) is 11.1 Å². The van der Waals surface area contributed by atoms with Gasteiger partial charge in [0.15, 0.2) is 6.61 Å². The normalized spacial score (nSPS) is 10.5. The Morgan fingerprint density at radius 1 is 1.10 bits per heavy atom. The molecule has 0 bridgehead atoms. The Labute approximate surface area is 188 Å². The van der Waals surface area contributed by atoms with Crippen LogP contribution in [0.1, 0.15) is 28.4 Å². The molecule has 0 radical (unpaired) electrons. The van der Waals surface area contributed by atoms with Crippen LogP contribution < -0.4 is 10.1 Å². The lowest BCUT2D eigenvalue weighted by Gasteiger charge is -2.11. The lowest BCUT2D eigenvalue weighted by molar-refractivity contribution is -0.118. The molecule has 0 saturated heterocycles. The number of thiophene rings is 1. The maximum atomic E-state index is 12.7. The quantitative estimate of drug-likeness (QED) is 0.415. The van der Waals surface area contributed by atoms with Gasteiger partial charge in [0, 0.05) is 15.4 Å². The van der Waals surface area contributed by atoms with Gasteiger partial charge in [0.1, 0.15) is 16.3 Å². The zero-order valence-corrected chi connectivity index (χ0v) is 19.4. The van der Waals surface area contributed by atoms with Crippen LogP contribution in [0.15, 0.2) is 52.3 Å². The van der Waals surface area contributed by atoms with Gasteiger partial charge in [-0.05, 0) is 50.1 Å². The maximum absolute atomic E-state index is 12.7. The molecular formula is C23H22BrNO4S. The molecule has 0 aliphatic carbocycles. The Morgan fingerprint density at radius 3 is 2.60 bits per heavy atom. The second-order valence-electron chi connectivity index (χ2n) is 6.69. The molecule has 156 valence electrons. The molecule has 0 atom stereocenters. The van der Waals surface area contributed by atoms with Gasteiger partial charge in [-0.15, -0.1) is 11.3 Å². The minimum Gasteiger partial charge on any atom is -0.484 e. The molecular weight excluding hydrogens is 466 g/mol. The molecule has 30 heavy (non-hydrogen) atoms. The van der Waals surface area contributed by atoms with Crippen LogP contribution in [-0.4, -0.2) is 25.1 Å². The third-order valence-electron chi connectivity index (χ3n) is 4.36. The van der Waals surface area contributed by atoms with E-state index in [1.807, 2.05) is 43.5 Å². The lowest BCUT2D eigenvalue weighted by Crippen LogP contribution is -2.21. The fraction of sp³-hybridized carbons (Fsp3) is 0.217. The van der Waals surface area contributed by atoms with Crippen molar-refractivity contribution in [3.63, 3.8) is 0 Å². The van der Waals surface area contributed by atoms with Gasteiger partial charge in [0.05, 0.1) is 6.61 Å². The van der Waals surface area contributed by atoms with Crippen LogP contribution in [0, 0.1) is 13.8 Å². The van der Waals surface area contributed by atoms with Gasteiger partial charge in [-0.3, -0.25) is 4.79 Å². The van der Waals surface area contributed by atoms with E-state index in [1.54, 1.807) is 19.1 Å². The summed E-state index contributed by atoms with van der Waals surface area (Å²) in [6, 6.07) is 13.3. The minimum atomic E-state index is -0.461. The van der Waals surface area contributed by atoms with E-state index in [-0.39, 0.29) is 19.1 Å². The highest BCUT2D eigenvalue weighted by atomic mass is 79.9. The van der Waals surface area contributed by atoms with Gasteiger partial charge >= 0.3 is 5.97 Å². The van der Waals surface area contributed by atoms with E-state index in [0.717, 1.165) is 26.7 Å². The molecule has 1 heterocycles. The van der Waals surface area contributed by atoms with E-state index in [4.69, 9.17) is 9.47 Å². The highest BCUT2D eigenvalue weighted by Gasteiger charge is 2.23. The number of hydrogen-bond donors (Lipinski definition) is 1. The maximum Gasteiger partial charge on any atom is 0.341 e. The molecule has 1 N–H and O–H groups in total. The number of hydrogen-bond acceptors (Lipinski definition) is 5. The van der Waals surface area contributed by atoms with Gasteiger partial charge in [-0.1, -0.05) is 45.8 Å².